The molecular formula is C42H58O3. The van der Waals surface area contributed by atoms with E-state index in [2.05, 4.69) is 40.7 Å². The van der Waals surface area contributed by atoms with Crippen molar-refractivity contribution in [3.63, 3.8) is 0 Å². The van der Waals surface area contributed by atoms with Gasteiger partial charge in [0.15, 0.2) is 0 Å². The molecule has 0 radical (unpaired) electrons. The quantitative estimate of drug-likeness (QED) is 0.215. The van der Waals surface area contributed by atoms with E-state index in [4.69, 9.17) is 4.74 Å². The SMILES string of the molecule is CC(C)CCC[C@@H](C)[C@H]1CC=C2[C@@H]3CC[C@H]4C[C@H](OC(=O)Cc5ccc(C(O)c6ccccc6)cc5)CC[C@]4(C)[C@H]3CC[C@@]21C. The van der Waals surface area contributed by atoms with Gasteiger partial charge in [-0.1, -0.05) is 120 Å². The Morgan fingerprint density at radius 3 is 2.38 bits per heavy atom. The normalized spacial score (nSPS) is 33.8. The van der Waals surface area contributed by atoms with E-state index in [-0.39, 0.29) is 18.5 Å². The molecule has 1 N–H and O–H groups in total. The number of ether oxygens (including phenoxy) is 1. The zero-order chi connectivity index (χ0) is 31.8. The van der Waals surface area contributed by atoms with E-state index in [1.807, 2.05) is 60.2 Å². The molecule has 3 nitrogen and oxygen atoms in total. The van der Waals surface area contributed by atoms with Crippen LogP contribution in [0.2, 0.25) is 0 Å². The first-order chi connectivity index (χ1) is 21.6. The Labute approximate surface area is 273 Å². The second kappa shape index (κ2) is 13.4. The summed E-state index contributed by atoms with van der Waals surface area (Å²) in [6, 6.07) is 17.4. The molecule has 9 atom stereocenters. The lowest BCUT2D eigenvalue weighted by molar-refractivity contribution is -0.157. The van der Waals surface area contributed by atoms with Gasteiger partial charge in [0.2, 0.25) is 0 Å². The van der Waals surface area contributed by atoms with Crippen LogP contribution in [0.4, 0.5) is 0 Å². The molecule has 0 aliphatic heterocycles. The third kappa shape index (κ3) is 6.58. The van der Waals surface area contributed by atoms with E-state index in [9.17, 15) is 9.90 Å². The largest absolute Gasteiger partial charge is 0.462 e. The fourth-order valence-corrected chi connectivity index (χ4v) is 10.6. The molecular weight excluding hydrogens is 552 g/mol. The number of hydrogen-bond donors (Lipinski definition) is 1. The van der Waals surface area contributed by atoms with Crippen molar-refractivity contribution >= 4 is 5.97 Å². The number of aliphatic hydroxyl groups is 1. The first-order valence-corrected chi connectivity index (χ1v) is 18.3. The molecule has 3 saturated carbocycles. The van der Waals surface area contributed by atoms with Crippen LogP contribution in [0.15, 0.2) is 66.2 Å². The van der Waals surface area contributed by atoms with Gasteiger partial charge in [-0.05, 0) is 114 Å². The molecule has 0 saturated heterocycles. The Hall–Kier alpha value is -2.39. The summed E-state index contributed by atoms with van der Waals surface area (Å²) in [5.74, 6) is 4.54. The van der Waals surface area contributed by atoms with E-state index >= 15 is 0 Å². The number of benzene rings is 2. The Bertz CT molecular complexity index is 1330. The van der Waals surface area contributed by atoms with Gasteiger partial charge in [-0.2, -0.15) is 0 Å². The summed E-state index contributed by atoms with van der Waals surface area (Å²) in [6.45, 7) is 12.5. The van der Waals surface area contributed by atoms with Gasteiger partial charge < -0.3 is 9.84 Å². The third-order valence-electron chi connectivity index (χ3n) is 13.3. The number of fused-ring (bicyclic) bond motifs is 5. The summed E-state index contributed by atoms with van der Waals surface area (Å²) in [5.41, 5.74) is 5.26. The highest BCUT2D eigenvalue weighted by Crippen LogP contribution is 2.66. The maximum atomic E-state index is 13.1. The molecule has 6 rings (SSSR count). The molecule has 0 spiro atoms. The Balaban J connectivity index is 1.02. The van der Waals surface area contributed by atoms with E-state index in [0.717, 1.165) is 59.1 Å². The summed E-state index contributed by atoms with van der Waals surface area (Å²) in [6.07, 6.45) is 16.4. The third-order valence-corrected chi connectivity index (χ3v) is 13.3. The van der Waals surface area contributed by atoms with Crippen LogP contribution in [0.5, 0.6) is 0 Å². The highest BCUT2D eigenvalue weighted by Gasteiger charge is 2.58. The lowest BCUT2D eigenvalue weighted by Crippen LogP contribution is -2.52. The number of allylic oxidation sites excluding steroid dienone is 2. The van der Waals surface area contributed by atoms with Crippen LogP contribution in [0.3, 0.4) is 0 Å². The van der Waals surface area contributed by atoms with Crippen LogP contribution in [0.25, 0.3) is 0 Å². The van der Waals surface area contributed by atoms with Crippen LogP contribution < -0.4 is 0 Å². The second-order valence-corrected chi connectivity index (χ2v) is 16.4. The molecule has 3 heteroatoms. The molecule has 0 aromatic heterocycles. The van der Waals surface area contributed by atoms with Gasteiger partial charge in [-0.25, -0.2) is 0 Å². The molecule has 4 aliphatic carbocycles. The predicted molar refractivity (Wildman–Crippen MR) is 184 cm³/mol. The first-order valence-electron chi connectivity index (χ1n) is 18.3. The highest BCUT2D eigenvalue weighted by molar-refractivity contribution is 5.72. The summed E-state index contributed by atoms with van der Waals surface area (Å²) in [5, 5.41) is 10.7. The molecule has 244 valence electrons. The fraction of sp³-hybridized carbons (Fsp3) is 0.643. The van der Waals surface area contributed by atoms with Crippen molar-refractivity contribution in [3.8, 4) is 0 Å². The van der Waals surface area contributed by atoms with Crippen molar-refractivity contribution in [1.82, 2.24) is 0 Å². The molecule has 1 unspecified atom stereocenters. The van der Waals surface area contributed by atoms with E-state index < -0.39 is 6.10 Å². The van der Waals surface area contributed by atoms with Crippen molar-refractivity contribution < 1.29 is 14.6 Å². The van der Waals surface area contributed by atoms with Gasteiger partial charge >= 0.3 is 5.97 Å². The Morgan fingerprint density at radius 1 is 0.911 bits per heavy atom. The summed E-state index contributed by atoms with van der Waals surface area (Å²) < 4.78 is 6.15. The average molecular weight is 611 g/mol. The molecule has 0 amide bonds. The molecule has 2 aromatic carbocycles. The highest BCUT2D eigenvalue weighted by atomic mass is 16.5. The van der Waals surface area contributed by atoms with E-state index in [1.165, 1.54) is 57.8 Å². The molecule has 3 fully saturated rings. The number of aliphatic hydroxyl groups excluding tert-OH is 1. The molecule has 0 heterocycles. The topological polar surface area (TPSA) is 46.5 Å². The van der Waals surface area contributed by atoms with Crippen LogP contribution in [0, 0.1) is 46.3 Å². The minimum Gasteiger partial charge on any atom is -0.462 e. The number of esters is 1. The lowest BCUT2D eigenvalue weighted by Gasteiger charge is -2.60. The van der Waals surface area contributed by atoms with Gasteiger partial charge in [0.1, 0.15) is 12.2 Å². The zero-order valence-corrected chi connectivity index (χ0v) is 28.6. The minimum atomic E-state index is -0.661. The predicted octanol–water partition coefficient (Wildman–Crippen LogP) is 10.3. The number of carbonyl (C=O) groups is 1. The Morgan fingerprint density at radius 2 is 1.64 bits per heavy atom. The smallest absolute Gasteiger partial charge is 0.310 e. The van der Waals surface area contributed by atoms with Crippen molar-refractivity contribution in [1.29, 1.82) is 0 Å². The van der Waals surface area contributed by atoms with Gasteiger partial charge in [0, 0.05) is 0 Å². The van der Waals surface area contributed by atoms with E-state index in [1.54, 1.807) is 0 Å². The van der Waals surface area contributed by atoms with Gasteiger partial charge in [-0.15, -0.1) is 0 Å². The number of carbonyl (C=O) groups excluding carboxylic acids is 1. The molecule has 45 heavy (non-hydrogen) atoms. The maximum Gasteiger partial charge on any atom is 0.310 e. The van der Waals surface area contributed by atoms with Crippen molar-refractivity contribution in [2.24, 2.45) is 46.3 Å². The standard InChI is InChI=1S/C42H58O3/c1-28(2)10-9-11-29(3)36-20-21-37-35-19-18-33-27-34(22-24-41(33,4)38(35)23-25-42(36,37)5)45-39(43)26-30-14-16-32(17-15-30)40(44)31-12-7-6-8-13-31/h6-8,12-17,21,28-29,33-36,38,40,44H,9-11,18-20,22-27H2,1-5H3/t29-,33+,34-,35+,36-,38+,40?,41+,42-/m1/s1. The van der Waals surface area contributed by atoms with Crippen LogP contribution >= 0.6 is 0 Å². The van der Waals surface area contributed by atoms with Crippen molar-refractivity contribution in [2.45, 2.75) is 124 Å². The summed E-state index contributed by atoms with van der Waals surface area (Å²) in [4.78, 5) is 13.1. The van der Waals surface area contributed by atoms with Gasteiger partial charge in [0.05, 0.1) is 6.42 Å². The average Bonchev–Trinajstić information content (AvgIpc) is 3.39. The molecule has 0 bridgehead atoms. The van der Waals surface area contributed by atoms with Crippen LogP contribution in [-0.2, 0) is 16.0 Å². The number of rotatable bonds is 10. The fourth-order valence-electron chi connectivity index (χ4n) is 10.6. The molecule has 4 aliphatic rings. The van der Waals surface area contributed by atoms with Crippen molar-refractivity contribution in [2.75, 3.05) is 0 Å². The monoisotopic (exact) mass is 610 g/mol. The number of hydrogen-bond acceptors (Lipinski definition) is 3. The van der Waals surface area contributed by atoms with Crippen LogP contribution in [0.1, 0.15) is 128 Å². The Kier molecular flexibility index (Phi) is 9.68. The van der Waals surface area contributed by atoms with Gasteiger partial charge in [0.25, 0.3) is 0 Å². The van der Waals surface area contributed by atoms with Gasteiger partial charge in [-0.3, -0.25) is 4.79 Å². The summed E-state index contributed by atoms with van der Waals surface area (Å²) >= 11 is 0. The molecule has 2 aromatic rings. The minimum absolute atomic E-state index is 0.0434. The first kappa shape index (κ1) is 32.5. The van der Waals surface area contributed by atoms with E-state index in [0.29, 0.717) is 16.7 Å². The second-order valence-electron chi connectivity index (χ2n) is 16.4. The lowest BCUT2D eigenvalue weighted by atomic mass is 9.45. The maximum absolute atomic E-state index is 13.1. The van der Waals surface area contributed by atoms with Crippen LogP contribution in [-0.4, -0.2) is 17.2 Å². The van der Waals surface area contributed by atoms with Crippen molar-refractivity contribution in [3.05, 3.63) is 82.9 Å². The summed E-state index contributed by atoms with van der Waals surface area (Å²) in [7, 11) is 0. The zero-order valence-electron chi connectivity index (χ0n) is 28.6.